The third kappa shape index (κ3) is 14.2. The van der Waals surface area contributed by atoms with E-state index >= 15 is 0 Å². The lowest BCUT2D eigenvalue weighted by Crippen LogP contribution is -2.48. The van der Waals surface area contributed by atoms with Gasteiger partial charge >= 0.3 is 12.1 Å². The van der Waals surface area contributed by atoms with E-state index in [0.29, 0.717) is 46.6 Å². The molecule has 0 aliphatic heterocycles. The third-order valence-corrected chi connectivity index (χ3v) is 8.20. The monoisotopic (exact) mass is 765 g/mol. The first-order valence-electron chi connectivity index (χ1n) is 17.6. The van der Waals surface area contributed by atoms with E-state index in [1.807, 2.05) is 57.2 Å². The Morgan fingerprint density at radius 3 is 2.02 bits per heavy atom. The average molecular weight is 766 g/mol. The van der Waals surface area contributed by atoms with Gasteiger partial charge in [0.25, 0.3) is 10.2 Å². The number of unbranched alkanes of at least 4 members (excludes halogenated alkanes) is 2. The van der Waals surface area contributed by atoms with E-state index in [9.17, 15) is 34.6 Å². The van der Waals surface area contributed by atoms with Gasteiger partial charge in [0, 0.05) is 18.5 Å². The van der Waals surface area contributed by atoms with Crippen LogP contribution in [-0.2, 0) is 48.5 Å². The SMILES string of the molecule is CCCCC(=O)N(Cc1ccc(-c2ccccc2/C(N)=N/N(N)C(=O)OCc2ccc(CO[N+](=O)[O-])cc2)cc1)C(C(=O)OCCCCO[N+](=O)[O-])C(C)C. The first-order valence-corrected chi connectivity index (χ1v) is 17.6. The number of carbonyl (C=O) groups is 3. The number of nitrogens with zero attached hydrogens (tertiary/aromatic N) is 5. The number of amides is 2. The molecular formula is C37H47N7O11. The Morgan fingerprint density at radius 1 is 0.800 bits per heavy atom. The summed E-state index contributed by atoms with van der Waals surface area (Å²) in [5.41, 5.74) is 10.1. The van der Waals surface area contributed by atoms with Crippen molar-refractivity contribution in [2.75, 3.05) is 13.2 Å². The molecule has 3 aromatic rings. The quantitative estimate of drug-likeness (QED) is 0.0194. The van der Waals surface area contributed by atoms with Gasteiger partial charge < -0.3 is 29.8 Å². The predicted octanol–water partition coefficient (Wildman–Crippen LogP) is 5.27. The third-order valence-electron chi connectivity index (χ3n) is 8.20. The molecule has 4 N–H and O–H groups in total. The Hall–Kier alpha value is -6.30. The van der Waals surface area contributed by atoms with Gasteiger partial charge in [-0.2, -0.15) is 0 Å². The summed E-state index contributed by atoms with van der Waals surface area (Å²) in [6.45, 7) is 5.37. The van der Waals surface area contributed by atoms with Crippen LogP contribution in [-0.4, -0.2) is 63.3 Å². The molecule has 55 heavy (non-hydrogen) atoms. The Kier molecular flexibility index (Phi) is 17.3. The average Bonchev–Trinajstić information content (AvgIpc) is 3.16. The summed E-state index contributed by atoms with van der Waals surface area (Å²) in [6, 6.07) is 20.0. The van der Waals surface area contributed by atoms with Gasteiger partial charge in [0.05, 0.1) is 13.2 Å². The second kappa shape index (κ2) is 22.0. The Labute approximate surface area is 318 Å². The molecule has 18 heteroatoms. The molecule has 0 heterocycles. The molecule has 2 amide bonds. The van der Waals surface area contributed by atoms with Crippen molar-refractivity contribution in [1.82, 2.24) is 10.0 Å². The number of esters is 1. The molecule has 3 rings (SSSR count). The highest BCUT2D eigenvalue weighted by atomic mass is 17.0. The normalized spacial score (nSPS) is 11.7. The highest BCUT2D eigenvalue weighted by molar-refractivity contribution is 6.03. The molecule has 0 fully saturated rings. The lowest BCUT2D eigenvalue weighted by molar-refractivity contribution is -0.763. The minimum Gasteiger partial charge on any atom is -0.464 e. The number of hydrazine groups is 1. The van der Waals surface area contributed by atoms with Crippen molar-refractivity contribution < 1.29 is 43.7 Å². The van der Waals surface area contributed by atoms with Gasteiger partial charge in [-0.15, -0.1) is 30.4 Å². The maximum atomic E-state index is 13.5. The maximum absolute atomic E-state index is 13.5. The van der Waals surface area contributed by atoms with E-state index in [1.165, 1.54) is 0 Å². The Balaban J connectivity index is 1.72. The lowest BCUT2D eigenvalue weighted by atomic mass is 9.97. The minimum absolute atomic E-state index is 0.0332. The van der Waals surface area contributed by atoms with Crippen molar-refractivity contribution in [3.05, 3.63) is 115 Å². The fraction of sp³-hybridized carbons (Fsp3) is 0.405. The first-order chi connectivity index (χ1) is 26.3. The van der Waals surface area contributed by atoms with Gasteiger partial charge in [-0.1, -0.05) is 100.0 Å². The van der Waals surface area contributed by atoms with E-state index in [0.717, 1.165) is 17.5 Å². The summed E-state index contributed by atoms with van der Waals surface area (Å²) in [6.07, 6.45) is 1.43. The maximum Gasteiger partial charge on any atom is 0.445 e. The fourth-order valence-corrected chi connectivity index (χ4v) is 5.40. The number of benzene rings is 3. The molecule has 3 aromatic carbocycles. The number of rotatable bonds is 22. The van der Waals surface area contributed by atoms with Crippen LogP contribution in [0.1, 0.15) is 75.1 Å². The second-order valence-electron chi connectivity index (χ2n) is 12.7. The van der Waals surface area contributed by atoms with Crippen molar-refractivity contribution in [3.63, 3.8) is 0 Å². The van der Waals surface area contributed by atoms with E-state index < -0.39 is 28.3 Å². The summed E-state index contributed by atoms with van der Waals surface area (Å²) in [4.78, 5) is 70.3. The van der Waals surface area contributed by atoms with Crippen LogP contribution < -0.4 is 11.6 Å². The number of hydrogen-bond donors (Lipinski definition) is 2. The van der Waals surface area contributed by atoms with Crippen LogP contribution in [0.3, 0.4) is 0 Å². The van der Waals surface area contributed by atoms with Gasteiger partial charge in [0.1, 0.15) is 19.3 Å². The van der Waals surface area contributed by atoms with Crippen LogP contribution >= 0.6 is 0 Å². The second-order valence-corrected chi connectivity index (χ2v) is 12.7. The number of hydrogen-bond acceptors (Lipinski definition) is 13. The Morgan fingerprint density at radius 2 is 1.40 bits per heavy atom. The number of ether oxygens (including phenoxy) is 2. The largest absolute Gasteiger partial charge is 0.464 e. The zero-order valence-electron chi connectivity index (χ0n) is 31.0. The summed E-state index contributed by atoms with van der Waals surface area (Å²) >= 11 is 0. The molecule has 18 nitrogen and oxygen atoms in total. The van der Waals surface area contributed by atoms with Crippen molar-refractivity contribution in [2.24, 2.45) is 22.6 Å². The molecule has 0 saturated carbocycles. The predicted molar refractivity (Wildman–Crippen MR) is 199 cm³/mol. The van der Waals surface area contributed by atoms with Crippen LogP contribution in [0.2, 0.25) is 0 Å². The molecule has 0 aliphatic rings. The van der Waals surface area contributed by atoms with E-state index in [2.05, 4.69) is 14.8 Å². The topological polar surface area (TPSA) is 245 Å². The molecule has 0 radical (unpaired) electrons. The summed E-state index contributed by atoms with van der Waals surface area (Å²) < 4.78 is 10.7. The molecule has 0 aromatic heterocycles. The van der Waals surface area contributed by atoms with E-state index in [4.69, 9.17) is 21.1 Å². The lowest BCUT2D eigenvalue weighted by Gasteiger charge is -2.33. The fourth-order valence-electron chi connectivity index (χ4n) is 5.40. The zero-order chi connectivity index (χ0) is 40.3. The minimum atomic E-state index is -0.977. The number of carbonyl (C=O) groups excluding carboxylic acids is 3. The van der Waals surface area contributed by atoms with Gasteiger partial charge in [0.2, 0.25) is 5.91 Å². The van der Waals surface area contributed by atoms with Crippen LogP contribution in [0.5, 0.6) is 0 Å². The zero-order valence-corrected chi connectivity index (χ0v) is 31.0. The molecule has 1 atom stereocenters. The van der Waals surface area contributed by atoms with Crippen LogP contribution in [0, 0.1) is 26.1 Å². The number of nitrogens with two attached hydrogens (primary N) is 2. The van der Waals surface area contributed by atoms with Crippen LogP contribution in [0.4, 0.5) is 4.79 Å². The molecule has 1 unspecified atom stereocenters. The molecule has 296 valence electrons. The van der Waals surface area contributed by atoms with Gasteiger partial charge in [-0.05, 0) is 53.0 Å². The molecule has 0 aliphatic carbocycles. The van der Waals surface area contributed by atoms with Gasteiger partial charge in [-0.25, -0.2) is 15.4 Å². The summed E-state index contributed by atoms with van der Waals surface area (Å²) in [5, 5.41) is 23.5. The van der Waals surface area contributed by atoms with Crippen LogP contribution in [0.15, 0.2) is 77.9 Å². The molecule has 0 saturated heterocycles. The van der Waals surface area contributed by atoms with Crippen molar-refractivity contribution in [1.29, 1.82) is 0 Å². The number of amidine groups is 1. The van der Waals surface area contributed by atoms with Crippen molar-refractivity contribution in [2.45, 2.75) is 78.7 Å². The summed E-state index contributed by atoms with van der Waals surface area (Å²) in [5.74, 6) is 4.80. The first kappa shape index (κ1) is 43.1. The van der Waals surface area contributed by atoms with Gasteiger partial charge in [0.15, 0.2) is 5.84 Å². The summed E-state index contributed by atoms with van der Waals surface area (Å²) in [7, 11) is 0. The van der Waals surface area contributed by atoms with Crippen molar-refractivity contribution in [3.8, 4) is 11.1 Å². The van der Waals surface area contributed by atoms with E-state index in [-0.39, 0.29) is 57.1 Å². The highest BCUT2D eigenvalue weighted by Crippen LogP contribution is 2.26. The van der Waals surface area contributed by atoms with Crippen LogP contribution in [0.25, 0.3) is 11.1 Å². The Bertz CT molecular complexity index is 1770. The smallest absolute Gasteiger partial charge is 0.445 e. The highest BCUT2D eigenvalue weighted by Gasteiger charge is 2.33. The molecular weight excluding hydrogens is 718 g/mol. The molecule has 0 bridgehead atoms. The van der Waals surface area contributed by atoms with Crippen molar-refractivity contribution >= 4 is 23.8 Å². The molecule has 0 spiro atoms. The van der Waals surface area contributed by atoms with Gasteiger partial charge in [-0.3, -0.25) is 4.79 Å². The standard InChI is InChI=1S/C37H47N7O11/c1-4-5-12-33(45)41(34(26(2)3)36(46)52-21-8-9-22-54-43(48)49)23-27-17-19-30(20-18-27)31-10-6-7-11-32(31)35(38)40-42(39)37(47)53-24-28-13-15-29(16-14-28)25-55-44(50)51/h6-7,10-11,13-20,26,34H,4-5,8-9,12,21-25,39H2,1-3H3,(H2,38,40). The van der Waals surface area contributed by atoms with E-state index in [1.54, 1.807) is 41.3 Å². The number of hydrazone groups is 1.